The molecule has 1 saturated heterocycles. The Hall–Kier alpha value is -1.79. The third kappa shape index (κ3) is 6.34. The molecule has 1 saturated carbocycles. The molecule has 158 valence electrons. The number of nitrogens with one attached hydrogen (secondary N) is 2. The van der Waals surface area contributed by atoms with Gasteiger partial charge in [-0.15, -0.1) is 11.8 Å². The Kier molecular flexibility index (Phi) is 7.78. The van der Waals surface area contributed by atoms with E-state index in [2.05, 4.69) is 29.7 Å². The van der Waals surface area contributed by atoms with Crippen molar-refractivity contribution in [1.82, 2.24) is 10.6 Å². The van der Waals surface area contributed by atoms with E-state index >= 15 is 0 Å². The summed E-state index contributed by atoms with van der Waals surface area (Å²) in [6, 6.07) is 8.23. The van der Waals surface area contributed by atoms with Gasteiger partial charge in [0.1, 0.15) is 0 Å². The Labute approximate surface area is 178 Å². The maximum Gasteiger partial charge on any atom is 0.257 e. The van der Waals surface area contributed by atoms with E-state index in [1.165, 1.54) is 5.56 Å². The molecule has 0 radical (unpaired) electrons. The molecule has 2 fully saturated rings. The Bertz CT molecular complexity index is 762. The van der Waals surface area contributed by atoms with Gasteiger partial charge >= 0.3 is 0 Å². The molecule has 0 aromatic heterocycles. The first-order chi connectivity index (χ1) is 13.9. The number of benzene rings is 1. The van der Waals surface area contributed by atoms with Crippen molar-refractivity contribution < 1.29 is 14.3 Å². The van der Waals surface area contributed by atoms with Crippen molar-refractivity contribution in [2.24, 2.45) is 5.92 Å². The molecule has 3 rings (SSSR count). The van der Waals surface area contributed by atoms with Crippen molar-refractivity contribution in [3.63, 3.8) is 0 Å². The molecule has 2 N–H and O–H groups in total. The van der Waals surface area contributed by atoms with E-state index < -0.39 is 0 Å². The highest BCUT2D eigenvalue weighted by Gasteiger charge is 2.39. The van der Waals surface area contributed by atoms with E-state index in [0.29, 0.717) is 18.4 Å². The van der Waals surface area contributed by atoms with Crippen LogP contribution >= 0.6 is 11.8 Å². The molecular weight excluding hydrogens is 384 g/mol. The van der Waals surface area contributed by atoms with Crippen LogP contribution in [0.4, 0.5) is 0 Å². The van der Waals surface area contributed by atoms with Gasteiger partial charge in [0.2, 0.25) is 5.91 Å². The van der Waals surface area contributed by atoms with Crippen LogP contribution in [-0.2, 0) is 14.3 Å². The molecule has 1 aliphatic heterocycles. The highest BCUT2D eigenvalue weighted by atomic mass is 32.2. The van der Waals surface area contributed by atoms with Crippen LogP contribution in [0.2, 0.25) is 0 Å². The summed E-state index contributed by atoms with van der Waals surface area (Å²) in [5.74, 6) is 0.0588. The number of hydrogen-bond acceptors (Lipinski definition) is 4. The lowest BCUT2D eigenvalue weighted by Crippen LogP contribution is -2.51. The Morgan fingerprint density at radius 1 is 1.38 bits per heavy atom. The normalized spacial score (nSPS) is 25.6. The number of aryl methyl sites for hydroxylation is 1. The zero-order chi connectivity index (χ0) is 20.8. The number of carbonyl (C=O) groups is 2. The molecular formula is C23H32N2O3S. The standard InChI is InChI=1S/C23H32N2O3S/c1-15(2)28-11-5-10-24-22(26)18-8-9-20-19(14-18)25-23(27)21(29-20)13-17-7-4-6-16(3)12-17/h4,6-7,12-13,15,18-20H,5,8-11,14H2,1-3H3,(H,24,26)(H,25,27)/b21-13+. The topological polar surface area (TPSA) is 67.4 Å². The summed E-state index contributed by atoms with van der Waals surface area (Å²) in [5.41, 5.74) is 2.23. The highest BCUT2D eigenvalue weighted by Crippen LogP contribution is 2.39. The van der Waals surface area contributed by atoms with Crippen molar-refractivity contribution >= 4 is 29.7 Å². The molecule has 2 amide bonds. The van der Waals surface area contributed by atoms with E-state index in [0.717, 1.165) is 36.2 Å². The number of amides is 2. The SMILES string of the molecule is Cc1cccc(/C=C2/SC3CCC(C(=O)NCCCOC(C)C)CC3NC2=O)c1. The second-order valence-electron chi connectivity index (χ2n) is 8.23. The van der Waals surface area contributed by atoms with Gasteiger partial charge in [-0.3, -0.25) is 9.59 Å². The summed E-state index contributed by atoms with van der Waals surface area (Å²) in [4.78, 5) is 25.9. The van der Waals surface area contributed by atoms with Crippen molar-refractivity contribution in [2.75, 3.05) is 13.2 Å². The van der Waals surface area contributed by atoms with E-state index in [-0.39, 0.29) is 29.9 Å². The van der Waals surface area contributed by atoms with Crippen molar-refractivity contribution in [3.8, 4) is 0 Å². The predicted molar refractivity (Wildman–Crippen MR) is 119 cm³/mol. The zero-order valence-electron chi connectivity index (χ0n) is 17.6. The molecule has 1 aromatic carbocycles. The van der Waals surface area contributed by atoms with E-state index in [1.54, 1.807) is 11.8 Å². The largest absolute Gasteiger partial charge is 0.379 e. The molecule has 1 aliphatic carbocycles. The van der Waals surface area contributed by atoms with E-state index in [1.807, 2.05) is 32.1 Å². The molecule has 0 bridgehead atoms. The quantitative estimate of drug-likeness (QED) is 0.526. The van der Waals surface area contributed by atoms with Crippen molar-refractivity contribution in [3.05, 3.63) is 40.3 Å². The van der Waals surface area contributed by atoms with Crippen LogP contribution in [0, 0.1) is 12.8 Å². The van der Waals surface area contributed by atoms with Gasteiger partial charge in [0, 0.05) is 30.4 Å². The van der Waals surface area contributed by atoms with Crippen molar-refractivity contribution in [1.29, 1.82) is 0 Å². The van der Waals surface area contributed by atoms with Crippen LogP contribution in [0.1, 0.15) is 50.7 Å². The number of hydrogen-bond donors (Lipinski definition) is 2. The summed E-state index contributed by atoms with van der Waals surface area (Å²) in [6.07, 6.45) is 5.54. The maximum atomic E-state index is 12.6. The highest BCUT2D eigenvalue weighted by molar-refractivity contribution is 8.04. The summed E-state index contributed by atoms with van der Waals surface area (Å²) in [5, 5.41) is 6.52. The summed E-state index contributed by atoms with van der Waals surface area (Å²) in [7, 11) is 0. The van der Waals surface area contributed by atoms with E-state index in [9.17, 15) is 9.59 Å². The fourth-order valence-corrected chi connectivity index (χ4v) is 5.18. The van der Waals surface area contributed by atoms with Gasteiger partial charge in [-0.1, -0.05) is 29.8 Å². The van der Waals surface area contributed by atoms with Gasteiger partial charge in [0.25, 0.3) is 5.91 Å². The van der Waals surface area contributed by atoms with Crippen LogP contribution < -0.4 is 10.6 Å². The smallest absolute Gasteiger partial charge is 0.257 e. The van der Waals surface area contributed by atoms with Gasteiger partial charge in [-0.05, 0) is 58.1 Å². The number of thioether (sulfide) groups is 1. The maximum absolute atomic E-state index is 12.6. The molecule has 1 heterocycles. The second-order valence-corrected chi connectivity index (χ2v) is 9.51. The molecule has 1 aromatic rings. The van der Waals surface area contributed by atoms with Gasteiger partial charge in [0.05, 0.1) is 11.0 Å². The molecule has 5 nitrogen and oxygen atoms in total. The monoisotopic (exact) mass is 416 g/mol. The first kappa shape index (κ1) is 21.9. The van der Waals surface area contributed by atoms with Crippen molar-refractivity contribution in [2.45, 2.75) is 63.9 Å². The van der Waals surface area contributed by atoms with Gasteiger partial charge in [-0.25, -0.2) is 0 Å². The number of rotatable bonds is 7. The third-order valence-corrected chi connectivity index (χ3v) is 6.81. The minimum atomic E-state index is -0.0235. The van der Waals surface area contributed by atoms with Gasteiger partial charge < -0.3 is 15.4 Å². The molecule has 3 atom stereocenters. The second kappa shape index (κ2) is 10.3. The summed E-state index contributed by atoms with van der Waals surface area (Å²) >= 11 is 1.67. The van der Waals surface area contributed by atoms with Crippen LogP contribution in [0.15, 0.2) is 29.2 Å². The third-order valence-electron chi connectivity index (χ3n) is 5.39. The lowest BCUT2D eigenvalue weighted by molar-refractivity contribution is -0.127. The fraction of sp³-hybridized carbons (Fsp3) is 0.565. The van der Waals surface area contributed by atoms with Gasteiger partial charge in [-0.2, -0.15) is 0 Å². The fourth-order valence-electron chi connectivity index (χ4n) is 3.89. The first-order valence-corrected chi connectivity index (χ1v) is 11.5. The Balaban J connectivity index is 1.50. The zero-order valence-corrected chi connectivity index (χ0v) is 18.4. The number of carbonyl (C=O) groups excluding carboxylic acids is 2. The first-order valence-electron chi connectivity index (χ1n) is 10.6. The molecule has 6 heteroatoms. The predicted octanol–water partition coefficient (Wildman–Crippen LogP) is 3.67. The van der Waals surface area contributed by atoms with Gasteiger partial charge in [0.15, 0.2) is 0 Å². The molecule has 29 heavy (non-hydrogen) atoms. The van der Waals surface area contributed by atoms with Crippen LogP contribution in [-0.4, -0.2) is 42.4 Å². The average Bonchev–Trinajstić information content (AvgIpc) is 2.67. The lowest BCUT2D eigenvalue weighted by Gasteiger charge is -2.39. The molecule has 2 aliphatic rings. The molecule has 0 spiro atoms. The number of ether oxygens (including phenoxy) is 1. The van der Waals surface area contributed by atoms with Crippen LogP contribution in [0.5, 0.6) is 0 Å². The summed E-state index contributed by atoms with van der Waals surface area (Å²) in [6.45, 7) is 7.37. The summed E-state index contributed by atoms with van der Waals surface area (Å²) < 4.78 is 5.50. The van der Waals surface area contributed by atoms with Crippen LogP contribution in [0.25, 0.3) is 6.08 Å². The molecule has 3 unspecified atom stereocenters. The minimum absolute atomic E-state index is 0.0227. The average molecular weight is 417 g/mol. The van der Waals surface area contributed by atoms with Crippen LogP contribution in [0.3, 0.4) is 0 Å². The Morgan fingerprint density at radius 3 is 2.97 bits per heavy atom. The number of fused-ring (bicyclic) bond motifs is 1. The minimum Gasteiger partial charge on any atom is -0.379 e. The lowest BCUT2D eigenvalue weighted by atomic mass is 9.84. The van der Waals surface area contributed by atoms with E-state index in [4.69, 9.17) is 4.74 Å². The Morgan fingerprint density at radius 2 is 2.21 bits per heavy atom.